The van der Waals surface area contributed by atoms with E-state index in [0.717, 1.165) is 25.9 Å². The highest BCUT2D eigenvalue weighted by Crippen LogP contribution is 2.38. The third kappa shape index (κ3) is 5.24. The minimum atomic E-state index is 0.203. The largest absolute Gasteiger partial charge is 0.385 e. The molecule has 2 heteroatoms. The van der Waals surface area contributed by atoms with Crippen molar-refractivity contribution in [2.45, 2.75) is 67.3 Å². The molecule has 0 aromatic heterocycles. The fraction of sp³-hybridized carbons (Fsp3) is 0.714. The third-order valence-electron chi connectivity index (χ3n) is 5.79. The van der Waals surface area contributed by atoms with Crippen molar-refractivity contribution in [1.29, 1.82) is 0 Å². The molecule has 0 amide bonds. The average molecular weight is 319 g/mol. The van der Waals surface area contributed by atoms with Gasteiger partial charge in [-0.05, 0) is 44.7 Å². The Bertz CT molecular complexity index is 445. The molecule has 0 aromatic rings. The van der Waals surface area contributed by atoms with Gasteiger partial charge in [0.15, 0.2) is 0 Å². The Morgan fingerprint density at radius 1 is 1.30 bits per heavy atom. The molecule has 1 rings (SSSR count). The van der Waals surface area contributed by atoms with Crippen molar-refractivity contribution in [3.05, 3.63) is 35.6 Å². The van der Waals surface area contributed by atoms with E-state index in [1.165, 1.54) is 11.3 Å². The van der Waals surface area contributed by atoms with Gasteiger partial charge in [0, 0.05) is 29.6 Å². The van der Waals surface area contributed by atoms with Gasteiger partial charge in [-0.15, -0.1) is 0 Å². The van der Waals surface area contributed by atoms with E-state index in [4.69, 9.17) is 0 Å². The predicted octanol–water partition coefficient (Wildman–Crippen LogP) is 5.05. The monoisotopic (exact) mass is 318 g/mol. The van der Waals surface area contributed by atoms with Crippen LogP contribution >= 0.6 is 0 Å². The first kappa shape index (κ1) is 20.0. The van der Waals surface area contributed by atoms with Crippen LogP contribution in [-0.2, 0) is 0 Å². The van der Waals surface area contributed by atoms with Crippen molar-refractivity contribution in [2.24, 2.45) is 17.3 Å². The van der Waals surface area contributed by atoms with E-state index in [-0.39, 0.29) is 5.41 Å². The lowest BCUT2D eigenvalue weighted by atomic mass is 9.73. The maximum Gasteiger partial charge on any atom is 0.0295 e. The van der Waals surface area contributed by atoms with Crippen LogP contribution in [0.15, 0.2) is 35.6 Å². The van der Waals surface area contributed by atoms with Crippen LogP contribution < -0.4 is 10.6 Å². The SMILES string of the molecule is C/C=C\C1=C/CCNC/C=C(/C(C)(CC)C(C)C)NC(C)C1C. The molecule has 0 bridgehead atoms. The molecule has 3 unspecified atom stereocenters. The Morgan fingerprint density at radius 3 is 2.57 bits per heavy atom. The molecule has 0 saturated heterocycles. The summed E-state index contributed by atoms with van der Waals surface area (Å²) in [5, 5.41) is 7.43. The second-order valence-electron chi connectivity index (χ2n) is 7.46. The zero-order valence-corrected chi connectivity index (χ0v) is 16.4. The van der Waals surface area contributed by atoms with Gasteiger partial charge in [-0.3, -0.25) is 0 Å². The van der Waals surface area contributed by atoms with Gasteiger partial charge in [0.2, 0.25) is 0 Å². The van der Waals surface area contributed by atoms with Crippen molar-refractivity contribution in [2.75, 3.05) is 13.1 Å². The Labute approximate surface area is 144 Å². The molecule has 1 aliphatic heterocycles. The molecule has 2 N–H and O–H groups in total. The van der Waals surface area contributed by atoms with E-state index in [0.29, 0.717) is 17.9 Å². The number of hydrogen-bond donors (Lipinski definition) is 2. The summed E-state index contributed by atoms with van der Waals surface area (Å²) < 4.78 is 0. The summed E-state index contributed by atoms with van der Waals surface area (Å²) in [4.78, 5) is 0. The molecule has 1 heterocycles. The van der Waals surface area contributed by atoms with Crippen molar-refractivity contribution in [3.63, 3.8) is 0 Å². The second-order valence-corrected chi connectivity index (χ2v) is 7.46. The topological polar surface area (TPSA) is 24.1 Å². The van der Waals surface area contributed by atoms with Crippen LogP contribution in [0.25, 0.3) is 0 Å². The van der Waals surface area contributed by atoms with Crippen molar-refractivity contribution >= 4 is 0 Å². The van der Waals surface area contributed by atoms with Gasteiger partial charge >= 0.3 is 0 Å². The molecule has 0 aliphatic carbocycles. The van der Waals surface area contributed by atoms with E-state index < -0.39 is 0 Å². The summed E-state index contributed by atoms with van der Waals surface area (Å²) in [7, 11) is 0. The smallest absolute Gasteiger partial charge is 0.0295 e. The first-order valence-electron chi connectivity index (χ1n) is 9.37. The van der Waals surface area contributed by atoms with Gasteiger partial charge in [-0.1, -0.05) is 58.9 Å². The van der Waals surface area contributed by atoms with E-state index in [1.807, 2.05) is 0 Å². The van der Waals surface area contributed by atoms with Gasteiger partial charge < -0.3 is 10.6 Å². The zero-order valence-electron chi connectivity index (χ0n) is 16.4. The lowest BCUT2D eigenvalue weighted by Crippen LogP contribution is -2.40. The van der Waals surface area contributed by atoms with Gasteiger partial charge in [-0.25, -0.2) is 0 Å². The second kappa shape index (κ2) is 9.32. The molecule has 132 valence electrons. The van der Waals surface area contributed by atoms with Gasteiger partial charge in [0.05, 0.1) is 0 Å². The van der Waals surface area contributed by atoms with Crippen LogP contribution in [0, 0.1) is 17.3 Å². The maximum atomic E-state index is 3.87. The fourth-order valence-corrected chi connectivity index (χ4v) is 3.24. The minimum Gasteiger partial charge on any atom is -0.385 e. The molecule has 23 heavy (non-hydrogen) atoms. The standard InChI is InChI=1S/C21H38N2/c1-8-11-19-12-10-14-22-15-13-20(23-18(6)17(19)5)21(7,9-2)16(3)4/h8,11-13,16-18,22-23H,9-10,14-15H2,1-7H3/b11-8-,19-12+,20-13-. The maximum absolute atomic E-state index is 3.87. The Morgan fingerprint density at radius 2 is 2.00 bits per heavy atom. The highest BCUT2D eigenvalue weighted by molar-refractivity contribution is 5.24. The zero-order chi connectivity index (χ0) is 17.5. The molecule has 0 spiro atoms. The molecular formula is C21H38N2. The fourth-order valence-electron chi connectivity index (χ4n) is 3.24. The van der Waals surface area contributed by atoms with Crippen molar-refractivity contribution in [1.82, 2.24) is 10.6 Å². The van der Waals surface area contributed by atoms with Gasteiger partial charge in [0.25, 0.3) is 0 Å². The molecule has 2 nitrogen and oxygen atoms in total. The van der Waals surface area contributed by atoms with Crippen LogP contribution in [0.3, 0.4) is 0 Å². The quantitative estimate of drug-likeness (QED) is 0.757. The van der Waals surface area contributed by atoms with Gasteiger partial charge in [0.1, 0.15) is 0 Å². The van der Waals surface area contributed by atoms with E-state index in [1.54, 1.807) is 0 Å². The van der Waals surface area contributed by atoms with Crippen LogP contribution in [0.1, 0.15) is 61.3 Å². The number of allylic oxidation sites excluding steroid dienone is 3. The molecule has 0 saturated carbocycles. The van der Waals surface area contributed by atoms with Crippen molar-refractivity contribution in [3.8, 4) is 0 Å². The number of hydrogen-bond acceptors (Lipinski definition) is 2. The van der Waals surface area contributed by atoms with E-state index in [9.17, 15) is 0 Å². The van der Waals surface area contributed by atoms with Crippen molar-refractivity contribution < 1.29 is 0 Å². The molecule has 3 atom stereocenters. The van der Waals surface area contributed by atoms with E-state index in [2.05, 4.69) is 83.4 Å². The lowest BCUT2D eigenvalue weighted by Gasteiger charge is -2.39. The summed E-state index contributed by atoms with van der Waals surface area (Å²) in [5.74, 6) is 1.12. The normalized spacial score (nSPS) is 31.5. The summed E-state index contributed by atoms with van der Waals surface area (Å²) in [6.07, 6.45) is 11.4. The third-order valence-corrected chi connectivity index (χ3v) is 5.79. The van der Waals surface area contributed by atoms with E-state index >= 15 is 0 Å². The molecule has 0 radical (unpaired) electrons. The molecule has 0 fully saturated rings. The lowest BCUT2D eigenvalue weighted by molar-refractivity contribution is 0.239. The molecular weight excluding hydrogens is 280 g/mol. The number of rotatable bonds is 4. The van der Waals surface area contributed by atoms with Crippen LogP contribution in [0.5, 0.6) is 0 Å². The van der Waals surface area contributed by atoms with Crippen LogP contribution in [0.2, 0.25) is 0 Å². The van der Waals surface area contributed by atoms with Gasteiger partial charge in [-0.2, -0.15) is 0 Å². The Kier molecular flexibility index (Phi) is 8.11. The van der Waals surface area contributed by atoms with Crippen LogP contribution in [0.4, 0.5) is 0 Å². The van der Waals surface area contributed by atoms with Crippen LogP contribution in [-0.4, -0.2) is 19.1 Å². The Hall–Kier alpha value is -1.02. The summed E-state index contributed by atoms with van der Waals surface area (Å²) in [6.45, 7) is 18.1. The first-order chi connectivity index (χ1) is 10.9. The number of nitrogens with one attached hydrogen (secondary N) is 2. The summed E-state index contributed by atoms with van der Waals surface area (Å²) >= 11 is 0. The summed E-state index contributed by atoms with van der Waals surface area (Å²) in [5.41, 5.74) is 3.05. The highest BCUT2D eigenvalue weighted by Gasteiger charge is 2.32. The summed E-state index contributed by atoms with van der Waals surface area (Å²) in [6, 6.07) is 0.423. The molecule has 0 aromatic carbocycles. The average Bonchev–Trinajstić information content (AvgIpc) is 2.55. The molecule has 1 aliphatic rings. The predicted molar refractivity (Wildman–Crippen MR) is 103 cm³/mol. The first-order valence-corrected chi connectivity index (χ1v) is 9.37. The Balaban J connectivity index is 3.12. The minimum absolute atomic E-state index is 0.203. The highest BCUT2D eigenvalue weighted by atomic mass is 15.0.